The number of fused-ring (bicyclic) bond motifs is 1. The van der Waals surface area contributed by atoms with Gasteiger partial charge in [-0.1, -0.05) is 24.3 Å². The van der Waals surface area contributed by atoms with Crippen molar-refractivity contribution < 1.29 is 4.79 Å². The Balaban J connectivity index is 1.55. The standard InChI is InChI=1S/C26H29N5O/c1-17-4-2-7-23-22(17)13-24(31(23)16-20-6-3-5-19(12-20)14-27)26(32)30-15-18-8-10-21(11-9-18)25(28)29/h2-7,12-13,18,21H,8-11,15-16H2,1H3,(H3,28,29)(H,30,32). The number of amidine groups is 1. The molecule has 1 fully saturated rings. The molecule has 1 saturated carbocycles. The summed E-state index contributed by atoms with van der Waals surface area (Å²) < 4.78 is 2.04. The van der Waals surface area contributed by atoms with Gasteiger partial charge >= 0.3 is 0 Å². The summed E-state index contributed by atoms with van der Waals surface area (Å²) >= 11 is 0. The van der Waals surface area contributed by atoms with E-state index in [9.17, 15) is 10.1 Å². The van der Waals surface area contributed by atoms with Crippen LogP contribution in [0.1, 0.15) is 52.9 Å². The first kappa shape index (κ1) is 21.6. The Bertz CT molecular complexity index is 1190. The Kier molecular flexibility index (Phi) is 6.27. The zero-order valence-electron chi connectivity index (χ0n) is 18.4. The fourth-order valence-corrected chi connectivity index (χ4v) is 4.72. The molecule has 1 aliphatic rings. The van der Waals surface area contributed by atoms with Crippen molar-refractivity contribution in [2.24, 2.45) is 17.6 Å². The molecule has 6 nitrogen and oxygen atoms in total. The number of benzene rings is 2. The largest absolute Gasteiger partial charge is 0.387 e. The maximum absolute atomic E-state index is 13.2. The summed E-state index contributed by atoms with van der Waals surface area (Å²) in [5.74, 6) is 0.816. The van der Waals surface area contributed by atoms with Crippen LogP contribution in [0, 0.1) is 35.5 Å². The molecule has 4 rings (SSSR count). The Morgan fingerprint density at radius 2 is 1.94 bits per heavy atom. The van der Waals surface area contributed by atoms with Crippen LogP contribution in [0.3, 0.4) is 0 Å². The third-order valence-corrected chi connectivity index (χ3v) is 6.63. The monoisotopic (exact) mass is 427 g/mol. The molecule has 1 aliphatic carbocycles. The number of amides is 1. The highest BCUT2D eigenvalue weighted by Gasteiger charge is 2.24. The summed E-state index contributed by atoms with van der Waals surface area (Å²) in [7, 11) is 0. The SMILES string of the molecule is Cc1cccc2c1cc(C(=O)NCC1CCC(C(=N)N)CC1)n2Cc1cccc(C#N)c1. The van der Waals surface area contributed by atoms with Gasteiger partial charge in [0, 0.05) is 29.9 Å². The number of carbonyl (C=O) groups is 1. The van der Waals surface area contributed by atoms with E-state index in [2.05, 4.69) is 24.4 Å². The van der Waals surface area contributed by atoms with Gasteiger partial charge in [-0.2, -0.15) is 5.26 Å². The van der Waals surface area contributed by atoms with E-state index in [0.717, 1.165) is 47.7 Å². The molecule has 2 aromatic carbocycles. The third-order valence-electron chi connectivity index (χ3n) is 6.63. The van der Waals surface area contributed by atoms with Gasteiger partial charge in [0.2, 0.25) is 0 Å². The number of nitriles is 1. The molecule has 4 N–H and O–H groups in total. The predicted molar refractivity (Wildman–Crippen MR) is 127 cm³/mol. The summed E-state index contributed by atoms with van der Waals surface area (Å²) in [5, 5.41) is 21.1. The van der Waals surface area contributed by atoms with Crippen LogP contribution in [0.25, 0.3) is 10.9 Å². The average Bonchev–Trinajstić information content (AvgIpc) is 3.17. The van der Waals surface area contributed by atoms with Crippen LogP contribution >= 0.6 is 0 Å². The second-order valence-corrected chi connectivity index (χ2v) is 8.82. The molecule has 0 atom stereocenters. The minimum Gasteiger partial charge on any atom is -0.387 e. The Hall–Kier alpha value is -3.59. The Morgan fingerprint density at radius 1 is 1.19 bits per heavy atom. The number of nitrogens with one attached hydrogen (secondary N) is 2. The maximum Gasteiger partial charge on any atom is 0.267 e. The highest BCUT2D eigenvalue weighted by molar-refractivity contribution is 5.99. The van der Waals surface area contributed by atoms with E-state index in [4.69, 9.17) is 11.1 Å². The first-order chi connectivity index (χ1) is 15.5. The zero-order chi connectivity index (χ0) is 22.7. The van der Waals surface area contributed by atoms with Crippen molar-refractivity contribution in [3.8, 4) is 6.07 Å². The van der Waals surface area contributed by atoms with Crippen molar-refractivity contribution in [3.05, 3.63) is 70.9 Å². The normalized spacial score (nSPS) is 18.2. The fourth-order valence-electron chi connectivity index (χ4n) is 4.72. The minimum absolute atomic E-state index is 0.0780. The number of nitrogens with two attached hydrogens (primary N) is 1. The molecular formula is C26H29N5O. The van der Waals surface area contributed by atoms with Crippen LogP contribution in [0.2, 0.25) is 0 Å². The lowest BCUT2D eigenvalue weighted by Gasteiger charge is -2.27. The van der Waals surface area contributed by atoms with E-state index in [1.54, 1.807) is 6.07 Å². The van der Waals surface area contributed by atoms with Gasteiger partial charge in [-0.15, -0.1) is 0 Å². The maximum atomic E-state index is 13.2. The lowest BCUT2D eigenvalue weighted by Crippen LogP contribution is -2.34. The number of aryl methyl sites for hydroxylation is 1. The highest BCUT2D eigenvalue weighted by Crippen LogP contribution is 2.29. The smallest absolute Gasteiger partial charge is 0.267 e. The number of hydrogen-bond donors (Lipinski definition) is 3. The van der Waals surface area contributed by atoms with Crippen molar-refractivity contribution in [1.82, 2.24) is 9.88 Å². The highest BCUT2D eigenvalue weighted by atomic mass is 16.1. The second-order valence-electron chi connectivity index (χ2n) is 8.82. The number of nitrogens with zero attached hydrogens (tertiary/aromatic N) is 2. The zero-order valence-corrected chi connectivity index (χ0v) is 18.4. The molecule has 1 heterocycles. The molecular weight excluding hydrogens is 398 g/mol. The van der Waals surface area contributed by atoms with E-state index < -0.39 is 0 Å². The fraction of sp³-hybridized carbons (Fsp3) is 0.346. The topological polar surface area (TPSA) is 108 Å². The Morgan fingerprint density at radius 3 is 2.66 bits per heavy atom. The van der Waals surface area contributed by atoms with E-state index in [1.165, 1.54) is 0 Å². The number of aromatic nitrogens is 1. The van der Waals surface area contributed by atoms with Crippen LogP contribution in [0.4, 0.5) is 0 Å². The lowest BCUT2D eigenvalue weighted by atomic mass is 9.81. The molecule has 1 aromatic heterocycles. The molecule has 0 aliphatic heterocycles. The van der Waals surface area contributed by atoms with E-state index in [1.807, 2.05) is 41.0 Å². The van der Waals surface area contributed by atoms with E-state index in [0.29, 0.717) is 30.3 Å². The van der Waals surface area contributed by atoms with Gasteiger partial charge in [-0.3, -0.25) is 10.2 Å². The molecule has 0 saturated heterocycles. The molecule has 0 unspecified atom stereocenters. The van der Waals surface area contributed by atoms with Gasteiger partial charge in [-0.05, 0) is 73.9 Å². The van der Waals surface area contributed by atoms with Gasteiger partial charge < -0.3 is 15.6 Å². The van der Waals surface area contributed by atoms with Crippen molar-refractivity contribution in [1.29, 1.82) is 10.7 Å². The first-order valence-electron chi connectivity index (χ1n) is 11.2. The number of rotatable bonds is 6. The van der Waals surface area contributed by atoms with Crippen molar-refractivity contribution in [3.63, 3.8) is 0 Å². The van der Waals surface area contributed by atoms with Crippen LogP contribution in [0.5, 0.6) is 0 Å². The van der Waals surface area contributed by atoms with Gasteiger partial charge in [0.25, 0.3) is 5.91 Å². The van der Waals surface area contributed by atoms with Crippen LogP contribution in [0.15, 0.2) is 48.5 Å². The summed E-state index contributed by atoms with van der Waals surface area (Å²) in [6.07, 6.45) is 3.80. The summed E-state index contributed by atoms with van der Waals surface area (Å²) in [6, 6.07) is 17.8. The number of carbonyl (C=O) groups excluding carboxylic acids is 1. The molecule has 1 amide bonds. The molecule has 32 heavy (non-hydrogen) atoms. The molecule has 0 spiro atoms. The van der Waals surface area contributed by atoms with Crippen molar-refractivity contribution in [2.45, 2.75) is 39.2 Å². The lowest BCUT2D eigenvalue weighted by molar-refractivity contribution is 0.0934. The average molecular weight is 428 g/mol. The van der Waals surface area contributed by atoms with Gasteiger partial charge in [0.05, 0.1) is 17.5 Å². The summed E-state index contributed by atoms with van der Waals surface area (Å²) in [4.78, 5) is 13.2. The van der Waals surface area contributed by atoms with Crippen LogP contribution in [-0.2, 0) is 6.54 Å². The molecule has 3 aromatic rings. The number of hydrogen-bond acceptors (Lipinski definition) is 3. The second kappa shape index (κ2) is 9.27. The van der Waals surface area contributed by atoms with Crippen molar-refractivity contribution >= 4 is 22.6 Å². The van der Waals surface area contributed by atoms with Gasteiger partial charge in [0.1, 0.15) is 5.69 Å². The molecule has 6 heteroatoms. The van der Waals surface area contributed by atoms with E-state index >= 15 is 0 Å². The first-order valence-corrected chi connectivity index (χ1v) is 11.2. The summed E-state index contributed by atoms with van der Waals surface area (Å²) in [5.41, 5.74) is 10.0. The molecule has 0 radical (unpaired) electrons. The Labute approximate surface area is 188 Å². The molecule has 0 bridgehead atoms. The minimum atomic E-state index is -0.0780. The van der Waals surface area contributed by atoms with E-state index in [-0.39, 0.29) is 17.7 Å². The van der Waals surface area contributed by atoms with Gasteiger partial charge in [-0.25, -0.2) is 0 Å². The summed E-state index contributed by atoms with van der Waals surface area (Å²) in [6.45, 7) is 3.21. The quantitative estimate of drug-likeness (QED) is 0.402. The van der Waals surface area contributed by atoms with Crippen LogP contribution in [-0.4, -0.2) is 22.9 Å². The predicted octanol–water partition coefficient (Wildman–Crippen LogP) is 4.34. The van der Waals surface area contributed by atoms with Crippen molar-refractivity contribution in [2.75, 3.05) is 6.54 Å². The molecule has 164 valence electrons. The third kappa shape index (κ3) is 4.52. The van der Waals surface area contributed by atoms with Crippen LogP contribution < -0.4 is 11.1 Å². The van der Waals surface area contributed by atoms with Gasteiger partial charge in [0.15, 0.2) is 0 Å².